The number of hydrogen-bond donors (Lipinski definition) is 1. The van der Waals surface area contributed by atoms with E-state index in [1.807, 2.05) is 39.1 Å². The second kappa shape index (κ2) is 6.33. The predicted octanol–water partition coefficient (Wildman–Crippen LogP) is 2.61. The first-order valence-electron chi connectivity index (χ1n) is 7.52. The Balaban J connectivity index is 1.80. The number of ether oxygens (including phenoxy) is 1. The van der Waals surface area contributed by atoms with Crippen molar-refractivity contribution in [3.05, 3.63) is 18.3 Å². The molecule has 116 valence electrons. The summed E-state index contributed by atoms with van der Waals surface area (Å²) in [6, 6.07) is 3.82. The maximum absolute atomic E-state index is 11.9. The molecule has 21 heavy (non-hydrogen) atoms. The molecular weight excluding hydrogens is 266 g/mol. The first kappa shape index (κ1) is 15.6. The average Bonchev–Trinajstić information content (AvgIpc) is 2.38. The second-order valence-electron chi connectivity index (χ2n) is 6.66. The highest BCUT2D eigenvalue weighted by molar-refractivity contribution is 5.70. The van der Waals surface area contributed by atoms with Gasteiger partial charge in [0.15, 0.2) is 0 Å². The van der Waals surface area contributed by atoms with Gasteiger partial charge in [0.05, 0.1) is 11.9 Å². The van der Waals surface area contributed by atoms with Crippen LogP contribution in [-0.4, -0.2) is 29.6 Å². The van der Waals surface area contributed by atoms with Gasteiger partial charge in [-0.25, -0.2) is 4.98 Å². The number of nitrogen functional groups attached to an aromatic ring is 1. The van der Waals surface area contributed by atoms with Gasteiger partial charge in [0.25, 0.3) is 0 Å². The molecule has 1 fully saturated rings. The molecule has 0 atom stereocenters. The Morgan fingerprint density at radius 1 is 1.38 bits per heavy atom. The van der Waals surface area contributed by atoms with E-state index in [1.54, 1.807) is 0 Å². The van der Waals surface area contributed by atoms with Crippen molar-refractivity contribution in [2.45, 2.75) is 45.6 Å². The molecule has 2 N–H and O–H groups in total. The summed E-state index contributed by atoms with van der Waals surface area (Å²) < 4.78 is 5.39. The summed E-state index contributed by atoms with van der Waals surface area (Å²) >= 11 is 0. The number of rotatable bonds is 3. The number of piperidine rings is 1. The van der Waals surface area contributed by atoms with Gasteiger partial charge in [-0.05, 0) is 51.7 Å². The molecular formula is C16H25N3O2. The smallest absolute Gasteiger partial charge is 0.306 e. The van der Waals surface area contributed by atoms with Gasteiger partial charge in [0.1, 0.15) is 11.4 Å². The van der Waals surface area contributed by atoms with E-state index >= 15 is 0 Å². The van der Waals surface area contributed by atoms with Crippen LogP contribution in [0, 0.1) is 5.92 Å². The Kier molecular flexibility index (Phi) is 4.70. The molecule has 1 aliphatic rings. The van der Waals surface area contributed by atoms with E-state index in [9.17, 15) is 4.79 Å². The van der Waals surface area contributed by atoms with Gasteiger partial charge in [-0.15, -0.1) is 0 Å². The van der Waals surface area contributed by atoms with Crippen molar-refractivity contribution in [3.8, 4) is 0 Å². The molecule has 0 bridgehead atoms. The molecule has 2 heterocycles. The summed E-state index contributed by atoms with van der Waals surface area (Å²) in [6.45, 7) is 7.60. The second-order valence-corrected chi connectivity index (χ2v) is 6.66. The number of aromatic nitrogens is 1. The van der Waals surface area contributed by atoms with Crippen LogP contribution in [0.2, 0.25) is 0 Å². The number of carbonyl (C=O) groups is 1. The van der Waals surface area contributed by atoms with E-state index in [1.165, 1.54) is 0 Å². The lowest BCUT2D eigenvalue weighted by atomic mass is 9.93. The molecule has 1 saturated heterocycles. The van der Waals surface area contributed by atoms with Crippen LogP contribution in [-0.2, 0) is 9.53 Å². The minimum atomic E-state index is -0.395. The highest BCUT2D eigenvalue weighted by Gasteiger charge is 2.24. The molecule has 0 spiro atoms. The van der Waals surface area contributed by atoms with Gasteiger partial charge in [-0.1, -0.05) is 0 Å². The van der Waals surface area contributed by atoms with Crippen molar-refractivity contribution in [3.63, 3.8) is 0 Å². The average molecular weight is 291 g/mol. The molecule has 0 saturated carbocycles. The Morgan fingerprint density at radius 3 is 2.57 bits per heavy atom. The van der Waals surface area contributed by atoms with Gasteiger partial charge in [0, 0.05) is 19.5 Å². The SMILES string of the molecule is CC(C)(C)OC(=O)CC1CCN(c2ccc(N)nc2)CC1. The van der Waals surface area contributed by atoms with Crippen molar-refractivity contribution in [1.29, 1.82) is 0 Å². The van der Waals surface area contributed by atoms with E-state index in [-0.39, 0.29) is 5.97 Å². The maximum atomic E-state index is 11.9. The topological polar surface area (TPSA) is 68.5 Å². The monoisotopic (exact) mass is 291 g/mol. The largest absolute Gasteiger partial charge is 0.460 e. The molecule has 5 heteroatoms. The molecule has 1 aliphatic heterocycles. The third-order valence-corrected chi connectivity index (χ3v) is 3.63. The van der Waals surface area contributed by atoms with Crippen molar-refractivity contribution >= 4 is 17.5 Å². The van der Waals surface area contributed by atoms with Crippen LogP contribution >= 0.6 is 0 Å². The number of anilines is 2. The van der Waals surface area contributed by atoms with Crippen molar-refractivity contribution < 1.29 is 9.53 Å². The van der Waals surface area contributed by atoms with Gasteiger partial charge in [-0.3, -0.25) is 4.79 Å². The minimum Gasteiger partial charge on any atom is -0.460 e. The Morgan fingerprint density at radius 2 is 2.05 bits per heavy atom. The number of nitrogens with zero attached hydrogens (tertiary/aromatic N) is 2. The summed E-state index contributed by atoms with van der Waals surface area (Å²) in [5.74, 6) is 0.867. The molecule has 0 aromatic carbocycles. The Hall–Kier alpha value is -1.78. The van der Waals surface area contributed by atoms with Gasteiger partial charge >= 0.3 is 5.97 Å². The van der Waals surface area contributed by atoms with Crippen LogP contribution in [0.5, 0.6) is 0 Å². The van der Waals surface area contributed by atoms with Crippen LogP contribution in [0.3, 0.4) is 0 Å². The summed E-state index contributed by atoms with van der Waals surface area (Å²) in [4.78, 5) is 18.3. The van der Waals surface area contributed by atoms with Crippen molar-refractivity contribution in [2.75, 3.05) is 23.7 Å². The molecule has 1 aromatic heterocycles. The number of pyridine rings is 1. The zero-order valence-electron chi connectivity index (χ0n) is 13.1. The van der Waals surface area contributed by atoms with Crippen LogP contribution < -0.4 is 10.6 Å². The zero-order valence-corrected chi connectivity index (χ0v) is 13.1. The predicted molar refractivity (Wildman–Crippen MR) is 84.0 cm³/mol. The molecule has 0 amide bonds. The molecule has 0 aliphatic carbocycles. The third-order valence-electron chi connectivity index (χ3n) is 3.63. The number of hydrogen-bond acceptors (Lipinski definition) is 5. The molecule has 5 nitrogen and oxygen atoms in total. The Bertz CT molecular complexity index is 471. The standard InChI is InChI=1S/C16H25N3O2/c1-16(2,3)21-15(20)10-12-6-8-19(9-7-12)13-4-5-14(17)18-11-13/h4-5,11-12H,6-10H2,1-3H3,(H2,17,18). The fourth-order valence-corrected chi connectivity index (χ4v) is 2.60. The lowest BCUT2D eigenvalue weighted by molar-refractivity contribution is -0.156. The zero-order chi connectivity index (χ0) is 15.5. The summed E-state index contributed by atoms with van der Waals surface area (Å²) in [5.41, 5.74) is 6.30. The number of esters is 1. The first-order chi connectivity index (χ1) is 9.83. The minimum absolute atomic E-state index is 0.0879. The highest BCUT2D eigenvalue weighted by atomic mass is 16.6. The van der Waals surface area contributed by atoms with Crippen molar-refractivity contribution in [1.82, 2.24) is 4.98 Å². The van der Waals surface area contributed by atoms with Gasteiger partial charge in [-0.2, -0.15) is 0 Å². The lowest BCUT2D eigenvalue weighted by Gasteiger charge is -2.33. The van der Waals surface area contributed by atoms with Gasteiger partial charge < -0.3 is 15.4 Å². The number of nitrogens with two attached hydrogens (primary N) is 1. The van der Waals surface area contributed by atoms with Crippen LogP contribution in [0.4, 0.5) is 11.5 Å². The van der Waals surface area contributed by atoms with E-state index in [0.717, 1.165) is 31.6 Å². The fraction of sp³-hybridized carbons (Fsp3) is 0.625. The Labute approximate surface area is 126 Å². The fourth-order valence-electron chi connectivity index (χ4n) is 2.60. The van der Waals surface area contributed by atoms with Crippen LogP contribution in [0.1, 0.15) is 40.0 Å². The molecule has 2 rings (SSSR count). The first-order valence-corrected chi connectivity index (χ1v) is 7.52. The maximum Gasteiger partial charge on any atom is 0.306 e. The molecule has 1 aromatic rings. The van der Waals surface area contributed by atoms with E-state index in [4.69, 9.17) is 10.5 Å². The summed E-state index contributed by atoms with van der Waals surface area (Å²) in [7, 11) is 0. The summed E-state index contributed by atoms with van der Waals surface area (Å²) in [5, 5.41) is 0. The summed E-state index contributed by atoms with van der Waals surface area (Å²) in [6.07, 6.45) is 4.34. The van der Waals surface area contributed by atoms with E-state index < -0.39 is 5.60 Å². The molecule has 0 radical (unpaired) electrons. The van der Waals surface area contributed by atoms with Crippen LogP contribution in [0.25, 0.3) is 0 Å². The quantitative estimate of drug-likeness (QED) is 0.867. The molecule has 0 unspecified atom stereocenters. The van der Waals surface area contributed by atoms with Crippen LogP contribution in [0.15, 0.2) is 18.3 Å². The van der Waals surface area contributed by atoms with Crippen molar-refractivity contribution in [2.24, 2.45) is 5.92 Å². The highest BCUT2D eigenvalue weighted by Crippen LogP contribution is 2.26. The van der Waals surface area contributed by atoms with E-state index in [0.29, 0.717) is 18.2 Å². The normalized spacial score (nSPS) is 16.8. The third kappa shape index (κ3) is 4.92. The van der Waals surface area contributed by atoms with E-state index in [2.05, 4.69) is 9.88 Å². The lowest BCUT2D eigenvalue weighted by Crippen LogP contribution is -2.35. The van der Waals surface area contributed by atoms with Gasteiger partial charge in [0.2, 0.25) is 0 Å². The number of carbonyl (C=O) groups excluding carboxylic acids is 1.